The Morgan fingerprint density at radius 2 is 1.73 bits per heavy atom. The van der Waals surface area contributed by atoms with Crippen molar-refractivity contribution >= 4 is 50.5 Å². The van der Waals surface area contributed by atoms with Crippen molar-refractivity contribution in [3.05, 3.63) is 58.6 Å². The zero-order chi connectivity index (χ0) is 16.3. The average molecular weight is 378 g/mol. The van der Waals surface area contributed by atoms with E-state index >= 15 is 0 Å². The number of nitro benzene ring substituents is 1. The van der Waals surface area contributed by atoms with E-state index < -0.39 is 18.9 Å². The number of sulfone groups is 1. The highest BCUT2D eigenvalue weighted by atomic mass is 35.5. The maximum atomic E-state index is 11.9. The lowest BCUT2D eigenvalue weighted by molar-refractivity contribution is -0.388. The number of nitro groups is 1. The molecule has 116 valence electrons. The molecule has 0 aromatic heterocycles. The van der Waals surface area contributed by atoms with Gasteiger partial charge in [-0.15, -0.1) is 0 Å². The summed E-state index contributed by atoms with van der Waals surface area (Å²) >= 11 is 12.0. The first-order valence-corrected chi connectivity index (χ1v) is 9.09. The molecule has 0 aliphatic heterocycles. The molecule has 0 saturated heterocycles. The molecule has 0 bridgehead atoms. The molecule has 2 aromatic rings. The average Bonchev–Trinajstić information content (AvgIpc) is 2.48. The molecule has 0 radical (unpaired) electrons. The van der Waals surface area contributed by atoms with Crippen LogP contribution in [0.5, 0.6) is 0 Å². The predicted octanol–water partition coefficient (Wildman–Crippen LogP) is 4.28. The standard InChI is InChI=1S/C13H9Cl2NO4S2/c14-13(15)22(19,20)10-6-7-12(11(8-10)16(17)18)21-9-4-2-1-3-5-9/h1-8,13H. The third kappa shape index (κ3) is 3.73. The summed E-state index contributed by atoms with van der Waals surface area (Å²) in [6, 6.07) is 12.6. The second-order valence-corrected chi connectivity index (χ2v) is 8.87. The van der Waals surface area contributed by atoms with E-state index in [-0.39, 0.29) is 10.6 Å². The van der Waals surface area contributed by atoms with Crippen LogP contribution in [0.1, 0.15) is 0 Å². The van der Waals surface area contributed by atoms with Gasteiger partial charge in [0.25, 0.3) is 5.69 Å². The largest absolute Gasteiger partial charge is 0.284 e. The fraction of sp³-hybridized carbons (Fsp3) is 0.0769. The molecule has 9 heteroatoms. The Morgan fingerprint density at radius 1 is 1.09 bits per heavy atom. The van der Waals surface area contributed by atoms with E-state index in [0.717, 1.165) is 11.0 Å². The molecule has 0 heterocycles. The van der Waals surface area contributed by atoms with Crippen molar-refractivity contribution in [3.8, 4) is 0 Å². The van der Waals surface area contributed by atoms with Gasteiger partial charge in [0.1, 0.15) is 0 Å². The molecule has 0 unspecified atom stereocenters. The van der Waals surface area contributed by atoms with Crippen LogP contribution in [0.3, 0.4) is 0 Å². The molecule has 22 heavy (non-hydrogen) atoms. The van der Waals surface area contributed by atoms with Gasteiger partial charge in [-0.2, -0.15) is 0 Å². The molecule has 0 spiro atoms. The first kappa shape index (κ1) is 17.1. The lowest BCUT2D eigenvalue weighted by atomic mass is 10.3. The Labute approximate surface area is 141 Å². The Morgan fingerprint density at radius 3 is 2.27 bits per heavy atom. The number of rotatable bonds is 5. The number of benzene rings is 2. The van der Waals surface area contributed by atoms with Gasteiger partial charge in [0, 0.05) is 11.0 Å². The van der Waals surface area contributed by atoms with Crippen LogP contribution in [-0.4, -0.2) is 17.5 Å². The molecule has 2 aromatic carbocycles. The van der Waals surface area contributed by atoms with Gasteiger partial charge in [0.15, 0.2) is 0 Å². The van der Waals surface area contributed by atoms with Gasteiger partial charge in [-0.1, -0.05) is 53.2 Å². The highest BCUT2D eigenvalue weighted by Crippen LogP contribution is 2.37. The molecule has 2 rings (SSSR count). The minimum absolute atomic E-state index is 0.286. The molecule has 0 atom stereocenters. The van der Waals surface area contributed by atoms with Gasteiger partial charge >= 0.3 is 0 Å². The zero-order valence-electron chi connectivity index (χ0n) is 10.8. The van der Waals surface area contributed by atoms with Crippen LogP contribution in [0.2, 0.25) is 0 Å². The Balaban J connectivity index is 2.47. The summed E-state index contributed by atoms with van der Waals surface area (Å²) in [5.41, 5.74) is -0.316. The van der Waals surface area contributed by atoms with Crippen LogP contribution in [-0.2, 0) is 9.84 Å². The number of hydrogen-bond acceptors (Lipinski definition) is 5. The lowest BCUT2D eigenvalue weighted by Crippen LogP contribution is -2.09. The normalized spacial score (nSPS) is 11.6. The van der Waals surface area contributed by atoms with Crippen LogP contribution < -0.4 is 0 Å². The van der Waals surface area contributed by atoms with Gasteiger partial charge < -0.3 is 0 Å². The van der Waals surface area contributed by atoms with Crippen LogP contribution in [0.15, 0.2) is 63.2 Å². The first-order chi connectivity index (χ1) is 10.3. The minimum atomic E-state index is -4.01. The number of halogens is 2. The van der Waals surface area contributed by atoms with Gasteiger partial charge in [-0.3, -0.25) is 10.1 Å². The van der Waals surface area contributed by atoms with Crippen LogP contribution in [0.25, 0.3) is 0 Å². The second kappa shape index (κ2) is 6.87. The van der Waals surface area contributed by atoms with Crippen molar-refractivity contribution in [2.75, 3.05) is 0 Å². The summed E-state index contributed by atoms with van der Waals surface area (Å²) in [4.78, 5) is 11.4. The van der Waals surface area contributed by atoms with E-state index in [0.29, 0.717) is 4.90 Å². The van der Waals surface area contributed by atoms with Crippen LogP contribution in [0, 0.1) is 10.1 Å². The Bertz CT molecular complexity index is 795. The van der Waals surface area contributed by atoms with E-state index in [4.69, 9.17) is 23.2 Å². The van der Waals surface area contributed by atoms with Gasteiger partial charge in [-0.05, 0) is 24.3 Å². The van der Waals surface area contributed by atoms with E-state index in [9.17, 15) is 18.5 Å². The molecule has 5 nitrogen and oxygen atoms in total. The SMILES string of the molecule is O=[N+]([O-])c1cc(S(=O)(=O)C(Cl)Cl)ccc1Sc1ccccc1. The third-order valence-corrected chi connectivity index (χ3v) is 6.52. The van der Waals surface area contributed by atoms with Crippen LogP contribution >= 0.6 is 35.0 Å². The maximum absolute atomic E-state index is 11.9. The highest BCUT2D eigenvalue weighted by molar-refractivity contribution is 7.99. The monoisotopic (exact) mass is 377 g/mol. The van der Waals surface area contributed by atoms with Crippen molar-refractivity contribution in [3.63, 3.8) is 0 Å². The summed E-state index contributed by atoms with van der Waals surface area (Å²) < 4.78 is 22.1. The Hall–Kier alpha value is -1.28. The molecule has 0 saturated carbocycles. The zero-order valence-corrected chi connectivity index (χ0v) is 14.0. The molecular formula is C13H9Cl2NO4S2. The number of alkyl halides is 2. The molecule has 0 aliphatic carbocycles. The predicted molar refractivity (Wildman–Crippen MR) is 86.3 cm³/mol. The molecule has 0 aliphatic rings. The fourth-order valence-electron chi connectivity index (χ4n) is 1.62. The van der Waals surface area contributed by atoms with Crippen molar-refractivity contribution in [1.82, 2.24) is 0 Å². The fourth-order valence-corrected chi connectivity index (χ4v) is 3.90. The van der Waals surface area contributed by atoms with Crippen molar-refractivity contribution < 1.29 is 13.3 Å². The highest BCUT2D eigenvalue weighted by Gasteiger charge is 2.26. The van der Waals surface area contributed by atoms with Crippen molar-refractivity contribution in [1.29, 1.82) is 0 Å². The van der Waals surface area contributed by atoms with E-state index in [2.05, 4.69) is 0 Å². The molecule has 0 N–H and O–H groups in total. The first-order valence-electron chi connectivity index (χ1n) is 5.86. The van der Waals surface area contributed by atoms with E-state index in [1.54, 1.807) is 24.3 Å². The smallest absolute Gasteiger partial charge is 0.258 e. The molecule has 0 amide bonds. The van der Waals surface area contributed by atoms with Crippen LogP contribution in [0.4, 0.5) is 5.69 Å². The summed E-state index contributed by atoms with van der Waals surface area (Å²) in [5, 5.41) is 11.2. The van der Waals surface area contributed by atoms with E-state index in [1.807, 2.05) is 6.07 Å². The lowest BCUT2D eigenvalue weighted by Gasteiger charge is -2.07. The van der Waals surface area contributed by atoms with Gasteiger partial charge in [0.2, 0.25) is 14.0 Å². The Kier molecular flexibility index (Phi) is 5.33. The molecular weight excluding hydrogens is 369 g/mol. The molecule has 0 fully saturated rings. The quantitative estimate of drug-likeness (QED) is 0.441. The third-order valence-electron chi connectivity index (χ3n) is 2.66. The van der Waals surface area contributed by atoms with Gasteiger partial charge in [0.05, 0.1) is 14.7 Å². The second-order valence-electron chi connectivity index (χ2n) is 4.11. The minimum Gasteiger partial charge on any atom is -0.258 e. The summed E-state index contributed by atoms with van der Waals surface area (Å²) in [6.45, 7) is 0. The van der Waals surface area contributed by atoms with Crippen molar-refractivity contribution in [2.24, 2.45) is 0 Å². The van der Waals surface area contributed by atoms with E-state index in [1.165, 1.54) is 23.9 Å². The van der Waals surface area contributed by atoms with Gasteiger partial charge in [-0.25, -0.2) is 8.42 Å². The summed E-state index contributed by atoms with van der Waals surface area (Å²) in [6.07, 6.45) is 0. The summed E-state index contributed by atoms with van der Waals surface area (Å²) in [7, 11) is -4.01. The van der Waals surface area contributed by atoms with Crippen molar-refractivity contribution in [2.45, 2.75) is 18.9 Å². The summed E-state index contributed by atoms with van der Waals surface area (Å²) in [5.74, 6) is 0. The number of hydrogen-bond donors (Lipinski definition) is 0. The number of nitrogens with zero attached hydrogens (tertiary/aromatic N) is 1. The maximum Gasteiger partial charge on any atom is 0.284 e. The topological polar surface area (TPSA) is 77.3 Å².